The van der Waals surface area contributed by atoms with Crippen LogP contribution >= 0.6 is 0 Å². The molecule has 3 aromatic rings. The number of carbonyl (C=O) groups excluding carboxylic acids is 5. The van der Waals surface area contributed by atoms with E-state index < -0.39 is 41.6 Å². The lowest BCUT2D eigenvalue weighted by atomic mass is 10.1. The second-order valence-electron chi connectivity index (χ2n) is 11.5. The van der Waals surface area contributed by atoms with Gasteiger partial charge in [-0.3, -0.25) is 24.0 Å². The molecule has 12 nitrogen and oxygen atoms in total. The molecule has 1 aliphatic heterocycles. The van der Waals surface area contributed by atoms with Crippen molar-refractivity contribution in [2.45, 2.75) is 38.3 Å². The number of hydrogen-bond donors (Lipinski definition) is 3. The van der Waals surface area contributed by atoms with Crippen LogP contribution in [-0.2, 0) is 32.0 Å². The first-order chi connectivity index (χ1) is 23.2. The van der Waals surface area contributed by atoms with Crippen LogP contribution in [0, 0.1) is 0 Å². The third-order valence-corrected chi connectivity index (χ3v) is 8.00. The van der Waals surface area contributed by atoms with Gasteiger partial charge in [0, 0.05) is 20.1 Å². The zero-order valence-electron chi connectivity index (χ0n) is 27.6. The quantitative estimate of drug-likeness (QED) is 0.336. The fourth-order valence-corrected chi connectivity index (χ4v) is 5.25. The number of methoxy groups -OCH3 is 1. The summed E-state index contributed by atoms with van der Waals surface area (Å²) in [5.74, 6) is -1.53. The number of benzene rings is 3. The lowest BCUT2D eigenvalue weighted by Crippen LogP contribution is -2.51. The second-order valence-corrected chi connectivity index (χ2v) is 11.5. The summed E-state index contributed by atoms with van der Waals surface area (Å²) in [4.78, 5) is 69.3. The molecular weight excluding hydrogens is 614 g/mol. The smallest absolute Gasteiger partial charge is 0.255 e. The molecule has 0 unspecified atom stereocenters. The molecule has 5 amide bonds. The predicted octanol–water partition coefficient (Wildman–Crippen LogP) is 1.97. The lowest BCUT2D eigenvalue weighted by molar-refractivity contribution is -0.142. The number of likely N-dealkylation sites (N-methyl/N-ethyl adjacent to an activating group) is 2. The Morgan fingerprint density at radius 3 is 2.31 bits per heavy atom. The minimum absolute atomic E-state index is 0.0277. The van der Waals surface area contributed by atoms with Gasteiger partial charge in [0.2, 0.25) is 23.6 Å². The van der Waals surface area contributed by atoms with Crippen LogP contribution in [0.4, 0.5) is 0 Å². The summed E-state index contributed by atoms with van der Waals surface area (Å²) < 4.78 is 11.3. The van der Waals surface area contributed by atoms with E-state index in [9.17, 15) is 24.0 Å². The summed E-state index contributed by atoms with van der Waals surface area (Å²) in [6.07, 6.45) is 0.572. The third-order valence-electron chi connectivity index (χ3n) is 8.00. The Bertz CT molecular complexity index is 1560. The monoisotopic (exact) mass is 657 g/mol. The molecule has 0 aromatic heterocycles. The summed E-state index contributed by atoms with van der Waals surface area (Å²) in [5.41, 5.74) is 2.09. The van der Waals surface area contributed by atoms with Crippen LogP contribution in [0.3, 0.4) is 0 Å². The Morgan fingerprint density at radius 1 is 0.896 bits per heavy atom. The standard InChI is InChI=1S/C36H43N5O7/c1-4-41-23-34(44)40(2)22-32(42)38-27(20-26-10-6-5-7-11-26)24-48-31-13-9-8-12-29(31)35(45)39-30(21-33(41)43)36(46)37-19-18-25-14-16-28(47-3)17-15-25/h5-17,27,30H,4,18-24H2,1-3H3,(H,37,46)(H,38,42)(H,39,45)/t27-,30+/m1/s1. The van der Waals surface area contributed by atoms with Gasteiger partial charge in [0.05, 0.1) is 38.2 Å². The maximum absolute atomic E-state index is 13.7. The highest BCUT2D eigenvalue weighted by Crippen LogP contribution is 2.19. The number of rotatable bonds is 8. The van der Waals surface area contributed by atoms with Crippen LogP contribution in [-0.4, -0.2) is 98.4 Å². The molecule has 0 fully saturated rings. The number of hydrogen-bond acceptors (Lipinski definition) is 7. The van der Waals surface area contributed by atoms with Crippen molar-refractivity contribution in [2.75, 3.05) is 46.9 Å². The number of amides is 5. The van der Waals surface area contributed by atoms with Crippen molar-refractivity contribution in [3.63, 3.8) is 0 Å². The van der Waals surface area contributed by atoms with E-state index >= 15 is 0 Å². The van der Waals surface area contributed by atoms with E-state index in [4.69, 9.17) is 9.47 Å². The number of nitrogens with zero attached hydrogens (tertiary/aromatic N) is 2. The summed E-state index contributed by atoms with van der Waals surface area (Å²) in [5, 5.41) is 8.50. The van der Waals surface area contributed by atoms with Crippen LogP contribution < -0.4 is 25.4 Å². The average molecular weight is 658 g/mol. The topological polar surface area (TPSA) is 146 Å². The van der Waals surface area contributed by atoms with Crippen molar-refractivity contribution in [3.05, 3.63) is 95.6 Å². The zero-order valence-corrected chi connectivity index (χ0v) is 27.6. The highest BCUT2D eigenvalue weighted by Gasteiger charge is 2.29. The molecular formula is C36H43N5O7. The van der Waals surface area contributed by atoms with Crippen LogP contribution in [0.15, 0.2) is 78.9 Å². The van der Waals surface area contributed by atoms with Gasteiger partial charge in [-0.05, 0) is 55.2 Å². The van der Waals surface area contributed by atoms with E-state index in [0.717, 1.165) is 16.9 Å². The molecule has 0 aliphatic carbocycles. The van der Waals surface area contributed by atoms with Gasteiger partial charge in [-0.15, -0.1) is 0 Å². The molecule has 0 radical (unpaired) electrons. The van der Waals surface area contributed by atoms with Crippen molar-refractivity contribution in [1.82, 2.24) is 25.8 Å². The first-order valence-corrected chi connectivity index (χ1v) is 15.9. The summed E-state index contributed by atoms with van der Waals surface area (Å²) >= 11 is 0. The van der Waals surface area contributed by atoms with Crippen molar-refractivity contribution in [1.29, 1.82) is 0 Å². The summed E-state index contributed by atoms with van der Waals surface area (Å²) in [6.45, 7) is 1.66. The minimum atomic E-state index is -1.24. The molecule has 12 heteroatoms. The number of nitrogens with one attached hydrogen (secondary N) is 3. The predicted molar refractivity (Wildman–Crippen MR) is 179 cm³/mol. The van der Waals surface area contributed by atoms with Gasteiger partial charge in [-0.2, -0.15) is 0 Å². The fraction of sp³-hybridized carbons (Fsp3) is 0.361. The molecule has 0 saturated carbocycles. The molecule has 3 aromatic carbocycles. The van der Waals surface area contributed by atoms with Crippen molar-refractivity contribution in [2.24, 2.45) is 0 Å². The van der Waals surface area contributed by atoms with Gasteiger partial charge >= 0.3 is 0 Å². The van der Waals surface area contributed by atoms with Gasteiger partial charge < -0.3 is 35.2 Å². The molecule has 0 bridgehead atoms. The molecule has 2 atom stereocenters. The zero-order chi connectivity index (χ0) is 34.5. The highest BCUT2D eigenvalue weighted by molar-refractivity contribution is 6.01. The van der Waals surface area contributed by atoms with Crippen molar-refractivity contribution >= 4 is 29.5 Å². The number of para-hydroxylation sites is 1. The first kappa shape index (κ1) is 35.5. The summed E-state index contributed by atoms with van der Waals surface area (Å²) in [7, 11) is 3.08. The van der Waals surface area contributed by atoms with Crippen LogP contribution in [0.1, 0.15) is 34.8 Å². The Morgan fingerprint density at radius 2 is 1.60 bits per heavy atom. The molecule has 254 valence electrons. The van der Waals surface area contributed by atoms with Crippen LogP contribution in [0.25, 0.3) is 0 Å². The number of ether oxygens (including phenoxy) is 2. The molecule has 1 aliphatic rings. The Kier molecular flexibility index (Phi) is 12.9. The van der Waals surface area contributed by atoms with Crippen LogP contribution in [0.5, 0.6) is 11.5 Å². The van der Waals surface area contributed by atoms with Gasteiger partial charge in [-0.1, -0.05) is 54.6 Å². The average Bonchev–Trinajstić information content (AvgIpc) is 3.09. The van der Waals surface area contributed by atoms with Crippen molar-refractivity contribution in [3.8, 4) is 11.5 Å². The van der Waals surface area contributed by atoms with E-state index in [1.54, 1.807) is 38.3 Å². The first-order valence-electron chi connectivity index (χ1n) is 15.9. The SMILES string of the molecule is CCN1CC(=O)N(C)CC(=O)N[C@H](Cc2ccccc2)COc2ccccc2C(=O)N[C@H](C(=O)NCCc2ccc(OC)cc2)CC1=O. The molecule has 1 heterocycles. The van der Waals surface area contributed by atoms with Gasteiger partial charge in [0.15, 0.2) is 0 Å². The largest absolute Gasteiger partial charge is 0.497 e. The molecule has 0 saturated heterocycles. The van der Waals surface area contributed by atoms with Gasteiger partial charge in [0.25, 0.3) is 5.91 Å². The minimum Gasteiger partial charge on any atom is -0.497 e. The normalized spacial score (nSPS) is 18.1. The fourth-order valence-electron chi connectivity index (χ4n) is 5.25. The molecule has 0 spiro atoms. The maximum Gasteiger partial charge on any atom is 0.255 e. The lowest BCUT2D eigenvalue weighted by Gasteiger charge is -2.26. The Balaban J connectivity index is 1.58. The van der Waals surface area contributed by atoms with Gasteiger partial charge in [-0.25, -0.2) is 0 Å². The van der Waals surface area contributed by atoms with E-state index in [0.29, 0.717) is 12.8 Å². The molecule has 4 rings (SSSR count). The molecule has 3 N–H and O–H groups in total. The van der Waals surface area contributed by atoms with E-state index in [2.05, 4.69) is 16.0 Å². The van der Waals surface area contributed by atoms with Crippen LogP contribution in [0.2, 0.25) is 0 Å². The van der Waals surface area contributed by atoms with Crippen molar-refractivity contribution < 1.29 is 33.4 Å². The van der Waals surface area contributed by atoms with Gasteiger partial charge in [0.1, 0.15) is 24.1 Å². The Hall–Kier alpha value is -5.39. The second kappa shape index (κ2) is 17.5. The maximum atomic E-state index is 13.7. The van der Waals surface area contributed by atoms with E-state index in [-0.39, 0.29) is 50.5 Å². The number of fused-ring (bicyclic) bond motifs is 1. The van der Waals surface area contributed by atoms with E-state index in [1.165, 1.54) is 16.8 Å². The van der Waals surface area contributed by atoms with E-state index in [1.807, 2.05) is 54.6 Å². The third kappa shape index (κ3) is 10.3. The summed E-state index contributed by atoms with van der Waals surface area (Å²) in [6, 6.07) is 21.8. The molecule has 48 heavy (non-hydrogen) atoms. The Labute approximate surface area is 280 Å². The number of carbonyl (C=O) groups is 5. The highest BCUT2D eigenvalue weighted by atomic mass is 16.5.